The Morgan fingerprint density at radius 2 is 1.55 bits per heavy atom. The number of hydrogen-bond acceptors (Lipinski definition) is 4. The predicted molar refractivity (Wildman–Crippen MR) is 104 cm³/mol. The fourth-order valence-electron chi connectivity index (χ4n) is 2.50. The van der Waals surface area contributed by atoms with Gasteiger partial charge in [0.05, 0.1) is 4.47 Å². The van der Waals surface area contributed by atoms with Crippen LogP contribution in [0.25, 0.3) is 0 Å². The van der Waals surface area contributed by atoms with Crippen molar-refractivity contribution in [3.05, 3.63) is 63.4 Å². The molecule has 2 aromatic carbocycles. The van der Waals surface area contributed by atoms with Crippen molar-refractivity contribution in [1.29, 1.82) is 0 Å². The van der Waals surface area contributed by atoms with Gasteiger partial charge in [-0.2, -0.15) is 4.31 Å². The number of sulfonamides is 1. The lowest BCUT2D eigenvalue weighted by Crippen LogP contribution is -2.39. The Bertz CT molecular complexity index is 1090. The van der Waals surface area contributed by atoms with Crippen molar-refractivity contribution in [1.82, 2.24) is 4.31 Å². The van der Waals surface area contributed by atoms with Crippen molar-refractivity contribution < 1.29 is 39.9 Å². The molecule has 0 aliphatic rings. The lowest BCUT2D eigenvalue weighted by atomic mass is 10.2. The van der Waals surface area contributed by atoms with Crippen LogP contribution in [-0.2, 0) is 26.1 Å². The van der Waals surface area contributed by atoms with Crippen LogP contribution in [0.1, 0.15) is 26.3 Å². The van der Waals surface area contributed by atoms with Gasteiger partial charge in [0.15, 0.2) is 23.3 Å². The minimum atomic E-state index is -5.19. The molecule has 0 aliphatic heterocycles. The van der Waals surface area contributed by atoms with Crippen LogP contribution < -0.4 is 0 Å². The van der Waals surface area contributed by atoms with E-state index in [0.717, 1.165) is 6.07 Å². The maximum Gasteiger partial charge on any atom is 0.321 e. The first-order chi connectivity index (χ1) is 14.2. The molecular weight excluding hydrogens is 513 g/mol. The average molecular weight is 530 g/mol. The molecule has 5 nitrogen and oxygen atoms in total. The summed E-state index contributed by atoms with van der Waals surface area (Å²) >= 11 is 2.42. The van der Waals surface area contributed by atoms with E-state index in [-0.39, 0.29) is 9.87 Å². The van der Waals surface area contributed by atoms with Gasteiger partial charge in [0.25, 0.3) is 0 Å². The van der Waals surface area contributed by atoms with Crippen LogP contribution in [0.15, 0.2) is 33.6 Å². The van der Waals surface area contributed by atoms with E-state index in [1.807, 2.05) is 0 Å². The van der Waals surface area contributed by atoms with Gasteiger partial charge in [-0.1, -0.05) is 18.2 Å². The van der Waals surface area contributed by atoms with E-state index in [1.54, 1.807) is 0 Å². The third-order valence-corrected chi connectivity index (χ3v) is 6.64. The zero-order valence-electron chi connectivity index (χ0n) is 16.5. The van der Waals surface area contributed by atoms with Gasteiger partial charge in [-0.3, -0.25) is 4.79 Å². The largest absolute Gasteiger partial charge is 0.459 e. The maximum atomic E-state index is 14.4. The summed E-state index contributed by atoms with van der Waals surface area (Å²) in [6.07, 6.45) is 0. The molecule has 0 aliphatic carbocycles. The number of benzene rings is 2. The van der Waals surface area contributed by atoms with Crippen LogP contribution in [0.2, 0.25) is 0 Å². The topological polar surface area (TPSA) is 63.7 Å². The fraction of sp³-hybridized carbons (Fsp3) is 0.316. The quantitative estimate of drug-likeness (QED) is 0.236. The fourth-order valence-corrected chi connectivity index (χ4v) is 4.94. The summed E-state index contributed by atoms with van der Waals surface area (Å²) in [5.41, 5.74) is -1.24. The van der Waals surface area contributed by atoms with E-state index in [0.29, 0.717) is 0 Å². The summed E-state index contributed by atoms with van der Waals surface area (Å²) in [5.74, 6) is -10.7. The molecule has 170 valence electrons. The molecule has 0 fully saturated rings. The summed E-state index contributed by atoms with van der Waals surface area (Å²) in [6.45, 7) is 2.66. The number of carbonyl (C=O) groups is 1. The summed E-state index contributed by atoms with van der Waals surface area (Å²) in [5, 5.41) is 0. The smallest absolute Gasteiger partial charge is 0.321 e. The standard InChI is InChI=1S/C19H17BrF5NO4S/c1-19(2,3)30-12(27)9-26(8-10-6-4-5-7-11(10)21)31(28,29)18-13(20)14(22)15(23)16(24)17(18)25/h4-7H,8-9H2,1-3H3. The molecular formula is C19H17BrF5NO4S. The van der Waals surface area contributed by atoms with E-state index in [4.69, 9.17) is 4.74 Å². The number of carbonyl (C=O) groups excluding carboxylic acids is 1. The van der Waals surface area contributed by atoms with Crippen molar-refractivity contribution in [3.8, 4) is 0 Å². The van der Waals surface area contributed by atoms with Crippen molar-refractivity contribution in [2.24, 2.45) is 0 Å². The van der Waals surface area contributed by atoms with Gasteiger partial charge in [-0.05, 0) is 42.8 Å². The van der Waals surface area contributed by atoms with Crippen LogP contribution >= 0.6 is 15.9 Å². The van der Waals surface area contributed by atoms with Gasteiger partial charge < -0.3 is 4.74 Å². The lowest BCUT2D eigenvalue weighted by Gasteiger charge is -2.25. The number of nitrogens with zero attached hydrogens (tertiary/aromatic N) is 1. The molecule has 0 saturated heterocycles. The Morgan fingerprint density at radius 3 is 2.10 bits per heavy atom. The Hall–Kier alpha value is -2.05. The van der Waals surface area contributed by atoms with Gasteiger partial charge >= 0.3 is 5.97 Å². The molecule has 0 atom stereocenters. The first-order valence-corrected chi connectivity index (χ1v) is 10.9. The zero-order valence-corrected chi connectivity index (χ0v) is 18.9. The van der Waals surface area contributed by atoms with Crippen molar-refractivity contribution in [2.75, 3.05) is 6.54 Å². The molecule has 0 amide bonds. The summed E-state index contributed by atoms with van der Waals surface area (Å²) < 4.78 is 99.9. The second-order valence-corrected chi connectivity index (χ2v) is 10.0. The highest BCUT2D eigenvalue weighted by Gasteiger charge is 2.37. The van der Waals surface area contributed by atoms with Gasteiger partial charge in [0, 0.05) is 12.1 Å². The van der Waals surface area contributed by atoms with E-state index < -0.39 is 73.1 Å². The Morgan fingerprint density at radius 1 is 1.00 bits per heavy atom. The highest BCUT2D eigenvalue weighted by Crippen LogP contribution is 2.34. The molecule has 0 bridgehead atoms. The zero-order chi connectivity index (χ0) is 23.7. The molecule has 2 aromatic rings. The summed E-state index contributed by atoms with van der Waals surface area (Å²) in [4.78, 5) is 10.7. The molecule has 12 heteroatoms. The number of esters is 1. The molecule has 0 saturated carbocycles. The Kier molecular flexibility index (Phi) is 7.49. The van der Waals surface area contributed by atoms with Gasteiger partial charge in [0.2, 0.25) is 10.0 Å². The van der Waals surface area contributed by atoms with E-state index in [1.165, 1.54) is 39.0 Å². The molecule has 0 unspecified atom stereocenters. The molecule has 0 heterocycles. The highest BCUT2D eigenvalue weighted by molar-refractivity contribution is 9.10. The summed E-state index contributed by atoms with van der Waals surface area (Å²) in [7, 11) is -5.19. The molecule has 0 spiro atoms. The van der Waals surface area contributed by atoms with E-state index in [2.05, 4.69) is 15.9 Å². The summed E-state index contributed by atoms with van der Waals surface area (Å²) in [6, 6.07) is 4.92. The first kappa shape index (κ1) is 25.2. The third kappa shape index (κ3) is 5.60. The second kappa shape index (κ2) is 9.21. The molecule has 0 N–H and O–H groups in total. The van der Waals surface area contributed by atoms with Crippen LogP contribution in [0.5, 0.6) is 0 Å². The number of halogens is 6. The van der Waals surface area contributed by atoms with Crippen LogP contribution in [0.3, 0.4) is 0 Å². The van der Waals surface area contributed by atoms with Crippen LogP contribution in [-0.4, -0.2) is 30.8 Å². The minimum Gasteiger partial charge on any atom is -0.459 e. The third-order valence-electron chi connectivity index (χ3n) is 3.80. The Balaban J connectivity index is 2.62. The van der Waals surface area contributed by atoms with Gasteiger partial charge in [-0.25, -0.2) is 30.4 Å². The van der Waals surface area contributed by atoms with Crippen molar-refractivity contribution in [3.63, 3.8) is 0 Å². The normalized spacial score (nSPS) is 12.3. The molecule has 0 radical (unpaired) electrons. The number of ether oxygens (including phenoxy) is 1. The monoisotopic (exact) mass is 529 g/mol. The minimum absolute atomic E-state index is 0.214. The van der Waals surface area contributed by atoms with E-state index >= 15 is 0 Å². The maximum absolute atomic E-state index is 14.4. The second-order valence-electron chi connectivity index (χ2n) is 7.35. The first-order valence-electron chi connectivity index (χ1n) is 8.63. The predicted octanol–water partition coefficient (Wildman–Crippen LogP) is 4.68. The SMILES string of the molecule is CC(C)(C)OC(=O)CN(Cc1ccccc1F)S(=O)(=O)c1c(F)c(F)c(F)c(F)c1Br. The van der Waals surface area contributed by atoms with E-state index in [9.17, 15) is 35.2 Å². The lowest BCUT2D eigenvalue weighted by molar-refractivity contribution is -0.155. The van der Waals surface area contributed by atoms with Crippen molar-refractivity contribution in [2.45, 2.75) is 37.8 Å². The Labute approximate surface area is 184 Å². The van der Waals surface area contributed by atoms with Crippen LogP contribution in [0, 0.1) is 29.1 Å². The van der Waals surface area contributed by atoms with Gasteiger partial charge in [-0.15, -0.1) is 0 Å². The van der Waals surface area contributed by atoms with Crippen molar-refractivity contribution >= 4 is 31.9 Å². The highest BCUT2D eigenvalue weighted by atomic mass is 79.9. The number of rotatable bonds is 6. The molecule has 0 aromatic heterocycles. The van der Waals surface area contributed by atoms with Crippen LogP contribution in [0.4, 0.5) is 22.0 Å². The van der Waals surface area contributed by atoms with Gasteiger partial charge in [0.1, 0.15) is 22.9 Å². The molecule has 2 rings (SSSR count). The molecule has 31 heavy (non-hydrogen) atoms. The average Bonchev–Trinajstić information content (AvgIpc) is 2.64. The number of hydrogen-bond donors (Lipinski definition) is 0.